The summed E-state index contributed by atoms with van der Waals surface area (Å²) in [7, 11) is 0. The number of rotatable bonds is 4. The molecule has 9 heteroatoms. The van der Waals surface area contributed by atoms with Crippen LogP contribution < -0.4 is 10.9 Å². The molecule has 0 unspecified atom stereocenters. The van der Waals surface area contributed by atoms with Crippen LogP contribution in [-0.2, 0) is 0 Å². The van der Waals surface area contributed by atoms with Gasteiger partial charge in [0.05, 0.1) is 34.5 Å². The van der Waals surface area contributed by atoms with Crippen LogP contribution in [0.3, 0.4) is 0 Å². The minimum absolute atomic E-state index is 0.182. The van der Waals surface area contributed by atoms with Gasteiger partial charge in [-0.2, -0.15) is 10.2 Å². The third kappa shape index (κ3) is 3.43. The first-order valence-corrected chi connectivity index (χ1v) is 10.5. The predicted octanol–water partition coefficient (Wildman–Crippen LogP) is 2.93. The summed E-state index contributed by atoms with van der Waals surface area (Å²) in [5.41, 5.74) is 3.13. The summed E-state index contributed by atoms with van der Waals surface area (Å²) in [6.45, 7) is 5.42. The molecular weight excluding hydrogens is 418 g/mol. The maximum absolute atomic E-state index is 13.6. The van der Waals surface area contributed by atoms with Gasteiger partial charge in [0.25, 0.3) is 11.5 Å². The van der Waals surface area contributed by atoms with Crippen molar-refractivity contribution in [3.05, 3.63) is 93.9 Å². The molecule has 3 heterocycles. The van der Waals surface area contributed by atoms with Crippen molar-refractivity contribution >= 4 is 22.5 Å². The molecule has 0 saturated heterocycles. The van der Waals surface area contributed by atoms with Gasteiger partial charge in [-0.3, -0.25) is 14.2 Å². The fourth-order valence-electron chi connectivity index (χ4n) is 4.02. The summed E-state index contributed by atoms with van der Waals surface area (Å²) < 4.78 is 2.88. The Morgan fingerprint density at radius 1 is 1.03 bits per heavy atom. The molecular formula is C24H21N7O2. The van der Waals surface area contributed by atoms with Crippen LogP contribution in [0, 0.1) is 13.8 Å². The number of hydrogen-bond donors (Lipinski definition) is 1. The van der Waals surface area contributed by atoms with E-state index in [1.165, 1.54) is 17.0 Å². The van der Waals surface area contributed by atoms with Crippen molar-refractivity contribution in [2.24, 2.45) is 0 Å². The zero-order chi connectivity index (χ0) is 23.1. The molecule has 0 aliphatic carbocycles. The molecule has 0 bridgehead atoms. The van der Waals surface area contributed by atoms with Gasteiger partial charge in [0, 0.05) is 6.20 Å². The largest absolute Gasteiger partial charge is 0.342 e. The van der Waals surface area contributed by atoms with E-state index < -0.39 is 6.04 Å². The molecule has 1 N–H and O–H groups in total. The molecule has 1 amide bonds. The lowest BCUT2D eigenvalue weighted by molar-refractivity contribution is 0.0938. The molecule has 1 atom stereocenters. The van der Waals surface area contributed by atoms with Gasteiger partial charge >= 0.3 is 0 Å². The summed E-state index contributed by atoms with van der Waals surface area (Å²) in [5.74, 6) is 0.0616. The first kappa shape index (κ1) is 20.5. The Morgan fingerprint density at radius 3 is 2.61 bits per heavy atom. The van der Waals surface area contributed by atoms with E-state index in [-0.39, 0.29) is 11.5 Å². The van der Waals surface area contributed by atoms with Gasteiger partial charge in [-0.25, -0.2) is 9.97 Å². The van der Waals surface area contributed by atoms with Crippen LogP contribution in [0.5, 0.6) is 0 Å². The van der Waals surface area contributed by atoms with Crippen molar-refractivity contribution in [3.8, 4) is 5.69 Å². The fourth-order valence-corrected chi connectivity index (χ4v) is 4.02. The van der Waals surface area contributed by atoms with Gasteiger partial charge in [0.1, 0.15) is 11.4 Å². The van der Waals surface area contributed by atoms with Crippen LogP contribution >= 0.6 is 0 Å². The number of nitrogens with zero attached hydrogens (tertiary/aromatic N) is 6. The SMILES string of the molecule is Cc1nn2nccnc2c1C(=O)N[C@@H](C)c1nc2cccc(C)c2c(=O)n1-c1ccccc1. The van der Waals surface area contributed by atoms with E-state index in [4.69, 9.17) is 4.98 Å². The number of para-hydroxylation sites is 1. The van der Waals surface area contributed by atoms with Crippen molar-refractivity contribution in [1.29, 1.82) is 0 Å². The van der Waals surface area contributed by atoms with Gasteiger partial charge in [-0.1, -0.05) is 30.3 Å². The van der Waals surface area contributed by atoms with E-state index in [9.17, 15) is 9.59 Å². The van der Waals surface area contributed by atoms with E-state index in [0.29, 0.717) is 39.3 Å². The number of aromatic nitrogens is 6. The third-order valence-corrected chi connectivity index (χ3v) is 5.57. The van der Waals surface area contributed by atoms with Crippen LogP contribution in [0.2, 0.25) is 0 Å². The Kier molecular flexibility index (Phi) is 4.93. The second kappa shape index (κ2) is 7.94. The number of amides is 1. The molecule has 33 heavy (non-hydrogen) atoms. The summed E-state index contributed by atoms with van der Waals surface area (Å²) in [4.78, 5) is 35.9. The Morgan fingerprint density at radius 2 is 1.82 bits per heavy atom. The van der Waals surface area contributed by atoms with E-state index in [2.05, 4.69) is 20.5 Å². The van der Waals surface area contributed by atoms with Gasteiger partial charge in [0.15, 0.2) is 5.65 Å². The Hall–Kier alpha value is -4.40. The Labute approximate surface area is 188 Å². The molecule has 0 spiro atoms. The van der Waals surface area contributed by atoms with E-state index >= 15 is 0 Å². The maximum atomic E-state index is 13.6. The predicted molar refractivity (Wildman–Crippen MR) is 123 cm³/mol. The summed E-state index contributed by atoms with van der Waals surface area (Å²) in [6.07, 6.45) is 3.01. The molecule has 0 radical (unpaired) electrons. The molecule has 9 nitrogen and oxygen atoms in total. The number of hydrogen-bond acceptors (Lipinski definition) is 6. The monoisotopic (exact) mass is 439 g/mol. The lowest BCUT2D eigenvalue weighted by Gasteiger charge is -2.20. The van der Waals surface area contributed by atoms with Crippen molar-refractivity contribution < 1.29 is 4.79 Å². The van der Waals surface area contributed by atoms with E-state index in [0.717, 1.165) is 5.56 Å². The van der Waals surface area contributed by atoms with Crippen molar-refractivity contribution in [1.82, 2.24) is 34.7 Å². The topological polar surface area (TPSA) is 107 Å². The molecule has 2 aromatic carbocycles. The highest BCUT2D eigenvalue weighted by molar-refractivity contribution is 6.01. The van der Waals surface area contributed by atoms with Crippen molar-refractivity contribution in [3.63, 3.8) is 0 Å². The highest BCUT2D eigenvalue weighted by Gasteiger charge is 2.24. The van der Waals surface area contributed by atoms with Crippen molar-refractivity contribution in [2.75, 3.05) is 0 Å². The Bertz CT molecular complexity index is 1570. The maximum Gasteiger partial charge on any atom is 0.266 e. The lowest BCUT2D eigenvalue weighted by Crippen LogP contribution is -2.33. The standard InChI is InChI=1S/C24H21N7O2/c1-14-8-7-11-18-19(14)24(33)30(17-9-5-4-6-10-17)21(28-18)16(3)27-23(32)20-15(2)29-31-22(20)25-12-13-26-31/h4-13,16H,1-3H3,(H,27,32)/t16-/m0/s1. The second-order valence-electron chi connectivity index (χ2n) is 7.83. The quantitative estimate of drug-likeness (QED) is 0.461. The second-order valence-corrected chi connectivity index (χ2v) is 7.83. The van der Waals surface area contributed by atoms with Crippen LogP contribution in [0.25, 0.3) is 22.2 Å². The third-order valence-electron chi connectivity index (χ3n) is 5.57. The number of fused-ring (bicyclic) bond motifs is 2. The lowest BCUT2D eigenvalue weighted by atomic mass is 10.1. The normalized spacial score (nSPS) is 12.2. The molecule has 0 aliphatic rings. The molecule has 5 aromatic rings. The first-order chi connectivity index (χ1) is 16.0. The number of aryl methyl sites for hydroxylation is 2. The summed E-state index contributed by atoms with van der Waals surface area (Å²) >= 11 is 0. The zero-order valence-electron chi connectivity index (χ0n) is 18.4. The van der Waals surface area contributed by atoms with Crippen LogP contribution in [0.15, 0.2) is 65.7 Å². The number of carbonyl (C=O) groups excluding carboxylic acids is 1. The van der Waals surface area contributed by atoms with E-state index in [1.807, 2.05) is 55.5 Å². The van der Waals surface area contributed by atoms with Gasteiger partial charge in [0.2, 0.25) is 0 Å². The van der Waals surface area contributed by atoms with E-state index in [1.54, 1.807) is 18.4 Å². The van der Waals surface area contributed by atoms with Crippen molar-refractivity contribution in [2.45, 2.75) is 26.8 Å². The minimum atomic E-state index is -0.582. The zero-order valence-corrected chi connectivity index (χ0v) is 18.4. The minimum Gasteiger partial charge on any atom is -0.342 e. The molecule has 0 fully saturated rings. The average molecular weight is 439 g/mol. The van der Waals surface area contributed by atoms with Gasteiger partial charge < -0.3 is 5.32 Å². The van der Waals surface area contributed by atoms with Crippen LogP contribution in [0.4, 0.5) is 0 Å². The summed E-state index contributed by atoms with van der Waals surface area (Å²) in [6, 6.07) is 14.3. The number of carbonyl (C=O) groups is 1. The average Bonchev–Trinajstić information content (AvgIpc) is 3.15. The highest BCUT2D eigenvalue weighted by Crippen LogP contribution is 2.21. The molecule has 5 rings (SSSR count). The Balaban J connectivity index is 1.64. The molecule has 0 saturated carbocycles. The number of nitrogens with one attached hydrogen (secondary N) is 1. The number of benzene rings is 2. The van der Waals surface area contributed by atoms with Gasteiger partial charge in [-0.15, -0.1) is 4.63 Å². The van der Waals surface area contributed by atoms with Gasteiger partial charge in [-0.05, 0) is 44.5 Å². The fraction of sp³-hybridized carbons (Fsp3) is 0.167. The molecule has 0 aliphatic heterocycles. The smallest absolute Gasteiger partial charge is 0.266 e. The summed E-state index contributed by atoms with van der Waals surface area (Å²) in [5, 5.41) is 11.9. The first-order valence-electron chi connectivity index (χ1n) is 10.5. The van der Waals surface area contributed by atoms with Crippen LogP contribution in [0.1, 0.15) is 40.4 Å². The highest BCUT2D eigenvalue weighted by atomic mass is 16.2. The van der Waals surface area contributed by atoms with Crippen LogP contribution in [-0.4, -0.2) is 35.3 Å². The molecule has 164 valence electrons. The molecule has 3 aromatic heterocycles.